The lowest BCUT2D eigenvalue weighted by Gasteiger charge is -2.28. The SMILES string of the molecule is CCC[C@H]1Cc2c(c(O)c3c(=O)cc4oc5c6c(c(O)c7c(=O)cc8oc2c3c4c8c57)C(=O)O[C@@H](CCC)C6)C(=O)O1. The van der Waals surface area contributed by atoms with E-state index in [-0.39, 0.29) is 67.8 Å². The predicted molar refractivity (Wildman–Crippen MR) is 152 cm³/mol. The standard InChI is InChI=1S/C32H24O10/c1-3-5-11-7-13-19(31(37)39-11)27(35)21-15(33)10-18-23-24-17(41-29(13)25(21)23)9-16(34)22-26(24)30(42-18)14-8-12(6-4-2)40-32(38)20(14)28(22)36/h9-12,35-36H,3-8H2,1-2H3/t11-,12-/m0/s1. The third-order valence-electron chi connectivity index (χ3n) is 8.78. The zero-order chi connectivity index (χ0) is 29.2. The van der Waals surface area contributed by atoms with Gasteiger partial charge in [0.2, 0.25) is 0 Å². The number of hydrogen-bond acceptors (Lipinski definition) is 10. The van der Waals surface area contributed by atoms with Gasteiger partial charge in [0.05, 0.1) is 10.8 Å². The molecule has 212 valence electrons. The maximum atomic E-state index is 13.5. The fraction of sp³-hybridized carbons (Fsp3) is 0.312. The molecule has 0 amide bonds. The van der Waals surface area contributed by atoms with Crippen LogP contribution >= 0.6 is 0 Å². The van der Waals surface area contributed by atoms with Crippen LogP contribution in [0.1, 0.15) is 71.4 Å². The smallest absolute Gasteiger partial charge is 0.342 e. The first-order valence-electron chi connectivity index (χ1n) is 14.1. The molecule has 0 saturated heterocycles. The first-order chi connectivity index (χ1) is 20.2. The summed E-state index contributed by atoms with van der Waals surface area (Å²) in [5.41, 5.74) is 0.0351. The van der Waals surface area contributed by atoms with Crippen molar-refractivity contribution in [2.24, 2.45) is 0 Å². The largest absolute Gasteiger partial charge is 0.506 e. The second-order valence-corrected chi connectivity index (χ2v) is 11.3. The van der Waals surface area contributed by atoms with Crippen LogP contribution in [0.4, 0.5) is 0 Å². The molecular formula is C32H24O10. The molecule has 0 bridgehead atoms. The van der Waals surface area contributed by atoms with E-state index in [1.807, 2.05) is 13.8 Å². The van der Waals surface area contributed by atoms with Crippen molar-refractivity contribution >= 4 is 66.6 Å². The molecule has 2 aliphatic heterocycles. The number of esters is 2. The second-order valence-electron chi connectivity index (χ2n) is 11.3. The van der Waals surface area contributed by atoms with Gasteiger partial charge in [0.15, 0.2) is 10.9 Å². The van der Waals surface area contributed by atoms with Crippen molar-refractivity contribution in [3.63, 3.8) is 0 Å². The molecule has 0 fully saturated rings. The predicted octanol–water partition coefficient (Wildman–Crippen LogP) is 5.41. The van der Waals surface area contributed by atoms with Crippen LogP contribution in [0.15, 0.2) is 30.6 Å². The maximum Gasteiger partial charge on any atom is 0.342 e. The number of ether oxygens (including phenoxy) is 2. The van der Waals surface area contributed by atoms with Gasteiger partial charge < -0.3 is 28.5 Å². The van der Waals surface area contributed by atoms with Crippen LogP contribution in [0, 0.1) is 0 Å². The van der Waals surface area contributed by atoms with Crippen LogP contribution in [0.3, 0.4) is 0 Å². The van der Waals surface area contributed by atoms with Gasteiger partial charge in [0.1, 0.15) is 57.2 Å². The maximum absolute atomic E-state index is 13.5. The Bertz CT molecular complexity index is 2130. The highest BCUT2D eigenvalue weighted by molar-refractivity contribution is 6.34. The van der Waals surface area contributed by atoms with Crippen LogP contribution < -0.4 is 10.9 Å². The monoisotopic (exact) mass is 568 g/mol. The summed E-state index contributed by atoms with van der Waals surface area (Å²) in [5.74, 6) is -2.49. The van der Waals surface area contributed by atoms with Crippen molar-refractivity contribution < 1.29 is 38.1 Å². The average Bonchev–Trinajstić information content (AvgIpc) is 2.93. The van der Waals surface area contributed by atoms with Gasteiger partial charge >= 0.3 is 11.9 Å². The van der Waals surface area contributed by atoms with Crippen molar-refractivity contribution in [3.8, 4) is 11.5 Å². The molecule has 0 aliphatic carbocycles. The summed E-state index contributed by atoms with van der Waals surface area (Å²) in [6.45, 7) is 3.93. The van der Waals surface area contributed by atoms with Gasteiger partial charge in [0, 0.05) is 57.6 Å². The first kappa shape index (κ1) is 24.9. The summed E-state index contributed by atoms with van der Waals surface area (Å²) in [4.78, 5) is 53.2. The lowest BCUT2D eigenvalue weighted by Crippen LogP contribution is -2.28. The number of phenolic OH excluding ortho intramolecular Hbond substituents is 2. The van der Waals surface area contributed by atoms with Gasteiger partial charge in [-0.15, -0.1) is 0 Å². The highest BCUT2D eigenvalue weighted by Gasteiger charge is 2.38. The number of benzene rings is 4. The fourth-order valence-electron chi connectivity index (χ4n) is 7.12. The number of cyclic esters (lactones) is 2. The van der Waals surface area contributed by atoms with Crippen molar-refractivity contribution in [1.29, 1.82) is 0 Å². The van der Waals surface area contributed by atoms with E-state index in [9.17, 15) is 29.4 Å². The van der Waals surface area contributed by atoms with E-state index in [1.54, 1.807) is 0 Å². The summed E-state index contributed by atoms with van der Waals surface area (Å²) in [6.07, 6.45) is 2.30. The molecule has 2 aliphatic rings. The topological polar surface area (TPSA) is 153 Å². The number of fused-ring (bicyclic) bond motifs is 4. The van der Waals surface area contributed by atoms with Crippen molar-refractivity contribution in [2.45, 2.75) is 64.6 Å². The average molecular weight is 569 g/mol. The van der Waals surface area contributed by atoms with E-state index in [2.05, 4.69) is 0 Å². The molecule has 2 atom stereocenters. The Morgan fingerprint density at radius 2 is 1.05 bits per heavy atom. The molecular weight excluding hydrogens is 544 g/mol. The highest BCUT2D eigenvalue weighted by Crippen LogP contribution is 2.50. The molecule has 0 radical (unpaired) electrons. The molecule has 4 aromatic carbocycles. The third kappa shape index (κ3) is 2.98. The Morgan fingerprint density at radius 1 is 0.643 bits per heavy atom. The molecule has 0 spiro atoms. The fourth-order valence-corrected chi connectivity index (χ4v) is 7.12. The summed E-state index contributed by atoms with van der Waals surface area (Å²) >= 11 is 0. The van der Waals surface area contributed by atoms with E-state index in [1.165, 1.54) is 12.1 Å². The van der Waals surface area contributed by atoms with E-state index in [0.29, 0.717) is 34.7 Å². The van der Waals surface area contributed by atoms with Crippen LogP contribution in [-0.4, -0.2) is 34.4 Å². The third-order valence-corrected chi connectivity index (χ3v) is 8.78. The van der Waals surface area contributed by atoms with E-state index >= 15 is 0 Å². The van der Waals surface area contributed by atoms with Crippen molar-refractivity contribution in [3.05, 3.63) is 54.8 Å². The van der Waals surface area contributed by atoms with E-state index in [4.69, 9.17) is 18.3 Å². The summed E-state index contributed by atoms with van der Waals surface area (Å²) in [7, 11) is 0. The molecule has 0 saturated carbocycles. The molecule has 4 heterocycles. The highest BCUT2D eigenvalue weighted by atomic mass is 16.5. The number of rotatable bonds is 4. The minimum absolute atomic E-state index is 0.126. The number of carbonyl (C=O) groups excluding carboxylic acids is 2. The zero-order valence-corrected chi connectivity index (χ0v) is 22.7. The second kappa shape index (κ2) is 8.34. The van der Waals surface area contributed by atoms with Gasteiger partial charge in [0.25, 0.3) is 0 Å². The summed E-state index contributed by atoms with van der Waals surface area (Å²) in [6, 6.07) is 2.45. The van der Waals surface area contributed by atoms with E-state index < -0.39 is 46.5 Å². The van der Waals surface area contributed by atoms with Gasteiger partial charge in [-0.1, -0.05) is 26.7 Å². The number of phenols is 2. The van der Waals surface area contributed by atoms with Gasteiger partial charge in [-0.05, 0) is 12.8 Å². The molecule has 6 aromatic rings. The van der Waals surface area contributed by atoms with Crippen molar-refractivity contribution in [2.75, 3.05) is 0 Å². The van der Waals surface area contributed by atoms with Crippen LogP contribution in [0.25, 0.3) is 54.6 Å². The van der Waals surface area contributed by atoms with Gasteiger partial charge in [-0.2, -0.15) is 0 Å². The molecule has 8 rings (SSSR count). The number of hydrogen-bond donors (Lipinski definition) is 2. The van der Waals surface area contributed by atoms with Crippen molar-refractivity contribution in [1.82, 2.24) is 0 Å². The van der Waals surface area contributed by atoms with Crippen LogP contribution in [-0.2, 0) is 22.3 Å². The first-order valence-corrected chi connectivity index (χ1v) is 14.1. The minimum atomic E-state index is -0.747. The number of carbonyl (C=O) groups is 2. The Balaban J connectivity index is 1.59. The Morgan fingerprint density at radius 3 is 1.43 bits per heavy atom. The zero-order valence-electron chi connectivity index (χ0n) is 22.7. The normalized spacial score (nSPS) is 18.8. The van der Waals surface area contributed by atoms with Crippen LogP contribution in [0.2, 0.25) is 0 Å². The summed E-state index contributed by atoms with van der Waals surface area (Å²) < 4.78 is 23.9. The summed E-state index contributed by atoms with van der Waals surface area (Å²) in [5, 5.41) is 23.7. The molecule has 42 heavy (non-hydrogen) atoms. The quantitative estimate of drug-likeness (QED) is 0.160. The lowest BCUT2D eigenvalue weighted by atomic mass is 9.86. The molecule has 0 unspecified atom stereocenters. The Kier molecular flexibility index (Phi) is 4.95. The molecule has 2 aromatic heterocycles. The molecule has 2 N–H and O–H groups in total. The Labute approximate surface area is 235 Å². The Hall–Kier alpha value is -4.86. The lowest BCUT2D eigenvalue weighted by molar-refractivity contribution is 0.0223. The number of aromatic hydroxyl groups is 2. The van der Waals surface area contributed by atoms with Gasteiger partial charge in [-0.3, -0.25) is 9.59 Å². The van der Waals surface area contributed by atoms with E-state index in [0.717, 1.165) is 12.8 Å². The van der Waals surface area contributed by atoms with Crippen LogP contribution in [0.5, 0.6) is 11.5 Å². The van der Waals surface area contributed by atoms with Gasteiger partial charge in [-0.25, -0.2) is 9.59 Å². The molecule has 10 nitrogen and oxygen atoms in total. The minimum Gasteiger partial charge on any atom is -0.506 e. The molecule has 10 heteroatoms.